The van der Waals surface area contributed by atoms with E-state index >= 15 is 0 Å². The number of anilines is 2. The highest BCUT2D eigenvalue weighted by atomic mass is 32.2. The van der Waals surface area contributed by atoms with Crippen LogP contribution < -0.4 is 10.8 Å². The van der Waals surface area contributed by atoms with Gasteiger partial charge >= 0.3 is 6.18 Å². The van der Waals surface area contributed by atoms with Crippen molar-refractivity contribution in [2.24, 2.45) is 4.99 Å². The summed E-state index contributed by atoms with van der Waals surface area (Å²) in [6.07, 6.45) is -5.06. The Morgan fingerprint density at radius 2 is 2.00 bits per heavy atom. The van der Waals surface area contributed by atoms with Crippen LogP contribution in [0.3, 0.4) is 0 Å². The van der Waals surface area contributed by atoms with E-state index in [1.165, 1.54) is 0 Å². The van der Waals surface area contributed by atoms with E-state index in [4.69, 9.17) is 4.42 Å². The molecular weight excluding hydrogens is 511 g/mol. The molecule has 1 unspecified atom stereocenters. The van der Waals surface area contributed by atoms with Crippen LogP contribution in [0.4, 0.5) is 24.7 Å². The number of furan rings is 1. The molecule has 0 aliphatic rings. The number of phenolic OH excluding ortho intramolecular Hbond substituents is 1. The lowest BCUT2D eigenvalue weighted by Gasteiger charge is -2.19. The Labute approximate surface area is 201 Å². The largest absolute Gasteiger partial charge is 0.548 e. The topological polar surface area (TPSA) is 147 Å². The molecule has 0 spiro atoms. The van der Waals surface area contributed by atoms with E-state index in [-0.39, 0.29) is 11.3 Å². The Balaban J connectivity index is 2.16. The van der Waals surface area contributed by atoms with E-state index in [9.17, 15) is 31.2 Å². The second kappa shape index (κ2) is 9.49. The molecule has 0 amide bonds. The second-order valence-electron chi connectivity index (χ2n) is 7.71. The number of aromatic hydroxyl groups is 1. The maximum atomic E-state index is 13.5. The Morgan fingerprint density at radius 1 is 1.34 bits per heavy atom. The zero-order chi connectivity index (χ0) is 26.3. The zero-order valence-corrected chi connectivity index (χ0v) is 20.6. The highest BCUT2D eigenvalue weighted by Gasteiger charge is 2.41. The monoisotopic (exact) mass is 533 g/mol. The van der Waals surface area contributed by atoms with Gasteiger partial charge in [0.1, 0.15) is 22.5 Å². The molecule has 3 rings (SSSR count). The van der Waals surface area contributed by atoms with E-state index in [2.05, 4.69) is 25.6 Å². The lowest BCUT2D eigenvalue weighted by molar-refractivity contribution is -0.140. The highest BCUT2D eigenvalue weighted by molar-refractivity contribution is 7.89. The highest BCUT2D eigenvalue weighted by Crippen LogP contribution is 2.43. The van der Waals surface area contributed by atoms with Gasteiger partial charge in [-0.1, -0.05) is 6.58 Å². The smallest absolute Gasteiger partial charge is 0.417 e. The quantitative estimate of drug-likeness (QED) is 0.236. The third-order valence-corrected chi connectivity index (χ3v) is 7.37. The summed E-state index contributed by atoms with van der Waals surface area (Å²) in [4.78, 5) is 3.07. The zero-order valence-electron chi connectivity index (χ0n) is 19.0. The van der Waals surface area contributed by atoms with Gasteiger partial charge in [-0.2, -0.15) is 13.2 Å². The van der Waals surface area contributed by atoms with Crippen LogP contribution in [0.1, 0.15) is 30.0 Å². The molecule has 35 heavy (non-hydrogen) atoms. The molecular formula is C20H22F3N5O5S2. The first-order valence-electron chi connectivity index (χ1n) is 9.82. The molecule has 0 fully saturated rings. The van der Waals surface area contributed by atoms with Crippen molar-refractivity contribution in [3.8, 4) is 5.75 Å². The number of hydrogen-bond acceptors (Lipinski definition) is 8. The van der Waals surface area contributed by atoms with Gasteiger partial charge in [-0.05, 0) is 43.7 Å². The maximum Gasteiger partial charge on any atom is 0.417 e. The van der Waals surface area contributed by atoms with Gasteiger partial charge < -0.3 is 19.4 Å². The predicted octanol–water partition coefficient (Wildman–Crippen LogP) is 3.98. The third kappa shape index (κ3) is 5.42. The number of aromatic amines is 1. The van der Waals surface area contributed by atoms with Gasteiger partial charge in [0.15, 0.2) is 16.9 Å². The van der Waals surface area contributed by atoms with E-state index in [1.807, 2.05) is 0 Å². The fourth-order valence-electron chi connectivity index (χ4n) is 3.06. The molecule has 1 aromatic carbocycles. The van der Waals surface area contributed by atoms with Crippen LogP contribution in [0, 0.1) is 6.92 Å². The number of sulfonamides is 1. The number of H-pyrrole nitrogens is 1. The van der Waals surface area contributed by atoms with E-state index in [0.29, 0.717) is 27.5 Å². The van der Waals surface area contributed by atoms with Gasteiger partial charge in [0, 0.05) is 18.5 Å². The molecule has 0 aliphatic carbocycles. The minimum absolute atomic E-state index is 0.0679. The number of aromatic nitrogens is 2. The van der Waals surface area contributed by atoms with Gasteiger partial charge in [0.05, 0.1) is 11.3 Å². The number of rotatable bonds is 7. The molecule has 0 saturated carbocycles. The van der Waals surface area contributed by atoms with Crippen molar-refractivity contribution < 1.29 is 35.7 Å². The van der Waals surface area contributed by atoms with E-state index in [1.54, 1.807) is 26.0 Å². The molecule has 0 aliphatic heterocycles. The SMILES string of the molecule is C=C(C)[C@@H](N=c1[nH][s+]([O-])nc1Nc1ccc(C(F)(F)F)c(S(=O)(=O)N(C)C)c1O)c1ccc(C)o1. The summed E-state index contributed by atoms with van der Waals surface area (Å²) in [5.74, 6) is -0.351. The van der Waals surface area contributed by atoms with Crippen LogP contribution in [-0.4, -0.2) is 45.2 Å². The van der Waals surface area contributed by atoms with Crippen molar-refractivity contribution in [3.05, 3.63) is 59.0 Å². The first-order valence-corrected chi connectivity index (χ1v) is 12.4. The number of phenols is 1. The van der Waals surface area contributed by atoms with Gasteiger partial charge in [-0.15, -0.1) is 4.37 Å². The van der Waals surface area contributed by atoms with Crippen LogP contribution in [0.25, 0.3) is 0 Å². The molecule has 2 aromatic heterocycles. The standard InChI is InChI=1S/C20H22F3N5O5S2/c1-10(2)15(14-9-6-11(3)33-14)25-19-18(26-34(30)27-19)24-13-8-7-12(20(21,22)23)17(16(13)29)35(31,32)28(4)5/h6-9,15,29H,1H2,2-5H3,(H,24,26)(H,25,27)/t15-,34?/m1/s1. The van der Waals surface area contributed by atoms with Crippen LogP contribution in [-0.2, 0) is 16.2 Å². The van der Waals surface area contributed by atoms with Crippen LogP contribution in [0.5, 0.6) is 5.75 Å². The van der Waals surface area contributed by atoms with Gasteiger partial charge in [0.2, 0.25) is 21.3 Å². The molecule has 2 atom stereocenters. The summed E-state index contributed by atoms with van der Waals surface area (Å²) >= 11 is -2.00. The second-order valence-corrected chi connectivity index (χ2v) is 10.7. The number of nitrogens with one attached hydrogen (secondary N) is 2. The number of halogens is 3. The van der Waals surface area contributed by atoms with Crippen molar-refractivity contribution >= 4 is 32.7 Å². The molecule has 10 nitrogen and oxygen atoms in total. The van der Waals surface area contributed by atoms with Gasteiger partial charge in [-0.3, -0.25) is 0 Å². The van der Waals surface area contributed by atoms with Crippen LogP contribution in [0.2, 0.25) is 0 Å². The minimum atomic E-state index is -5.06. The summed E-state index contributed by atoms with van der Waals surface area (Å²) in [7, 11) is -2.65. The van der Waals surface area contributed by atoms with Crippen molar-refractivity contribution in [1.82, 2.24) is 13.1 Å². The van der Waals surface area contributed by atoms with Crippen molar-refractivity contribution in [3.63, 3.8) is 0 Å². The Morgan fingerprint density at radius 3 is 2.51 bits per heavy atom. The summed E-state index contributed by atoms with van der Waals surface area (Å²) in [5.41, 5.74) is -1.48. The number of nitrogens with zero attached hydrogens (tertiary/aromatic N) is 3. The van der Waals surface area contributed by atoms with Crippen LogP contribution in [0.15, 0.2) is 50.7 Å². The lowest BCUT2D eigenvalue weighted by atomic mass is 10.1. The lowest BCUT2D eigenvalue weighted by Crippen LogP contribution is -2.25. The first kappa shape index (κ1) is 26.5. The maximum absolute atomic E-state index is 13.5. The van der Waals surface area contributed by atoms with Gasteiger partial charge in [-0.25, -0.2) is 17.7 Å². The Bertz CT molecular complexity index is 1440. The summed E-state index contributed by atoms with van der Waals surface area (Å²) in [6.45, 7) is 7.28. The molecule has 0 bridgehead atoms. The summed E-state index contributed by atoms with van der Waals surface area (Å²) < 4.78 is 90.3. The predicted molar refractivity (Wildman–Crippen MR) is 121 cm³/mol. The molecule has 15 heteroatoms. The number of hydrogen-bond donors (Lipinski definition) is 3. The van der Waals surface area contributed by atoms with E-state index < -0.39 is 55.3 Å². The minimum Gasteiger partial charge on any atom is -0.548 e. The van der Waals surface area contributed by atoms with E-state index in [0.717, 1.165) is 20.2 Å². The molecule has 190 valence electrons. The van der Waals surface area contributed by atoms with Gasteiger partial charge in [0.25, 0.3) is 0 Å². The summed E-state index contributed by atoms with van der Waals surface area (Å²) in [6, 6.07) is 4.01. The average molecular weight is 534 g/mol. The van der Waals surface area contributed by atoms with Crippen molar-refractivity contribution in [2.75, 3.05) is 19.4 Å². The third-order valence-electron chi connectivity index (χ3n) is 4.77. The molecule has 0 saturated heterocycles. The fourth-order valence-corrected chi connectivity index (χ4v) is 4.90. The number of alkyl halides is 3. The molecule has 2 heterocycles. The normalized spacial score (nSPS) is 14.4. The average Bonchev–Trinajstić information content (AvgIpc) is 3.30. The van der Waals surface area contributed by atoms with Crippen molar-refractivity contribution in [2.45, 2.75) is 31.0 Å². The number of aryl methyl sites for hydroxylation is 1. The molecule has 0 radical (unpaired) electrons. The summed E-state index contributed by atoms with van der Waals surface area (Å²) in [5, 5.41) is 13.1. The first-order chi connectivity index (χ1) is 16.1. The fraction of sp³-hybridized carbons (Fsp3) is 0.300. The molecule has 3 N–H and O–H groups in total. The number of benzene rings is 1. The van der Waals surface area contributed by atoms with Crippen molar-refractivity contribution in [1.29, 1.82) is 0 Å². The Hall–Kier alpha value is -3.14. The molecule has 3 aromatic rings. The Kier molecular flexibility index (Phi) is 7.17. The van der Waals surface area contributed by atoms with Crippen LogP contribution >= 0.6 is 11.1 Å².